The van der Waals surface area contributed by atoms with Gasteiger partial charge in [0.1, 0.15) is 5.82 Å². The zero-order valence-corrected chi connectivity index (χ0v) is 10.2. The molecule has 0 bridgehead atoms. The van der Waals surface area contributed by atoms with Gasteiger partial charge in [-0.3, -0.25) is 4.79 Å². The first kappa shape index (κ1) is 12.9. The van der Waals surface area contributed by atoms with Crippen molar-refractivity contribution in [3.8, 4) is 0 Å². The number of aryl methyl sites for hydroxylation is 1. The highest BCUT2D eigenvalue weighted by atomic mass is 19.1. The van der Waals surface area contributed by atoms with E-state index >= 15 is 0 Å². The van der Waals surface area contributed by atoms with Crippen molar-refractivity contribution < 1.29 is 9.18 Å². The summed E-state index contributed by atoms with van der Waals surface area (Å²) in [6, 6.07) is 4.36. The average molecular weight is 222 g/mol. The second-order valence-electron chi connectivity index (χ2n) is 4.27. The van der Waals surface area contributed by atoms with E-state index < -0.39 is 0 Å². The molecule has 88 valence electrons. The summed E-state index contributed by atoms with van der Waals surface area (Å²) in [6.45, 7) is 5.97. The second kappa shape index (κ2) is 5.78. The van der Waals surface area contributed by atoms with Crippen LogP contribution in [0.25, 0.3) is 0 Å². The van der Waals surface area contributed by atoms with E-state index in [2.05, 4.69) is 13.8 Å². The van der Waals surface area contributed by atoms with Gasteiger partial charge in [0.25, 0.3) is 0 Å². The molecule has 2 heteroatoms. The van der Waals surface area contributed by atoms with Crippen molar-refractivity contribution in [2.75, 3.05) is 0 Å². The lowest BCUT2D eigenvalue weighted by molar-refractivity contribution is 0.0958. The van der Waals surface area contributed by atoms with Crippen LogP contribution in [-0.4, -0.2) is 5.78 Å². The van der Waals surface area contributed by atoms with Crippen molar-refractivity contribution in [2.45, 2.75) is 40.0 Å². The average Bonchev–Trinajstić information content (AvgIpc) is 2.25. The number of halogens is 1. The van der Waals surface area contributed by atoms with Crippen molar-refractivity contribution in [2.24, 2.45) is 5.92 Å². The quantitative estimate of drug-likeness (QED) is 0.684. The topological polar surface area (TPSA) is 17.1 Å². The first-order valence-corrected chi connectivity index (χ1v) is 5.87. The molecule has 0 spiro atoms. The molecule has 0 amide bonds. The lowest BCUT2D eigenvalue weighted by Crippen LogP contribution is -2.09. The maximum absolute atomic E-state index is 12.9. The Morgan fingerprint density at radius 3 is 2.44 bits per heavy atom. The first-order valence-electron chi connectivity index (χ1n) is 5.87. The van der Waals surface area contributed by atoms with E-state index in [9.17, 15) is 9.18 Å². The number of carbonyl (C=O) groups excluding carboxylic acids is 1. The third-order valence-electron chi connectivity index (χ3n) is 3.12. The van der Waals surface area contributed by atoms with E-state index in [1.54, 1.807) is 13.0 Å². The summed E-state index contributed by atoms with van der Waals surface area (Å²) < 4.78 is 12.9. The van der Waals surface area contributed by atoms with Crippen LogP contribution in [0, 0.1) is 18.7 Å². The van der Waals surface area contributed by atoms with Crippen LogP contribution in [0.2, 0.25) is 0 Å². The normalized spacial score (nSPS) is 10.8. The maximum Gasteiger partial charge on any atom is 0.163 e. The van der Waals surface area contributed by atoms with Crippen molar-refractivity contribution >= 4 is 5.78 Å². The Balaban J connectivity index is 2.80. The molecule has 0 saturated heterocycles. The summed E-state index contributed by atoms with van der Waals surface area (Å²) in [6.07, 6.45) is 2.60. The Morgan fingerprint density at radius 2 is 1.94 bits per heavy atom. The molecule has 0 radical (unpaired) electrons. The Hall–Kier alpha value is -1.18. The van der Waals surface area contributed by atoms with Gasteiger partial charge in [0, 0.05) is 12.0 Å². The van der Waals surface area contributed by atoms with E-state index in [0.29, 0.717) is 17.9 Å². The fourth-order valence-corrected chi connectivity index (χ4v) is 1.89. The van der Waals surface area contributed by atoms with E-state index in [4.69, 9.17) is 0 Å². The minimum absolute atomic E-state index is 0.131. The van der Waals surface area contributed by atoms with Gasteiger partial charge < -0.3 is 0 Å². The molecule has 0 aliphatic heterocycles. The molecule has 0 saturated carbocycles. The number of carbonyl (C=O) groups is 1. The Kier molecular flexibility index (Phi) is 4.66. The molecule has 0 atom stereocenters. The first-order chi connectivity index (χ1) is 7.58. The molecular formula is C14H19FO. The molecule has 0 heterocycles. The van der Waals surface area contributed by atoms with Crippen molar-refractivity contribution in [3.05, 3.63) is 35.1 Å². The van der Waals surface area contributed by atoms with Crippen molar-refractivity contribution in [1.29, 1.82) is 0 Å². The molecule has 0 unspecified atom stereocenters. The van der Waals surface area contributed by atoms with Crippen LogP contribution >= 0.6 is 0 Å². The Morgan fingerprint density at radius 1 is 1.31 bits per heavy atom. The number of Topliss-reactive ketones (excluding diaryl/α,β-unsaturated/α-hetero) is 1. The molecule has 1 rings (SSSR count). The molecule has 0 fully saturated rings. The molecule has 16 heavy (non-hydrogen) atoms. The predicted molar refractivity (Wildman–Crippen MR) is 64.2 cm³/mol. The van der Waals surface area contributed by atoms with Crippen LogP contribution in [0.4, 0.5) is 4.39 Å². The van der Waals surface area contributed by atoms with E-state index in [0.717, 1.165) is 18.4 Å². The predicted octanol–water partition coefficient (Wildman–Crippen LogP) is 4.14. The molecule has 0 aliphatic rings. The zero-order chi connectivity index (χ0) is 12.1. The molecular weight excluding hydrogens is 203 g/mol. The molecule has 1 nitrogen and oxygen atoms in total. The Labute approximate surface area is 96.7 Å². The number of hydrogen-bond acceptors (Lipinski definition) is 1. The summed E-state index contributed by atoms with van der Waals surface area (Å²) >= 11 is 0. The number of rotatable bonds is 5. The molecule has 0 aromatic heterocycles. The van der Waals surface area contributed by atoms with Gasteiger partial charge in [-0.2, -0.15) is 0 Å². The largest absolute Gasteiger partial charge is 0.294 e. The maximum atomic E-state index is 12.9. The van der Waals surface area contributed by atoms with Crippen LogP contribution in [0.3, 0.4) is 0 Å². The van der Waals surface area contributed by atoms with Gasteiger partial charge >= 0.3 is 0 Å². The van der Waals surface area contributed by atoms with Gasteiger partial charge in [-0.15, -0.1) is 0 Å². The van der Waals surface area contributed by atoms with Crippen LogP contribution in [0.15, 0.2) is 18.2 Å². The SMILES string of the molecule is CCC(CC)CC(=O)c1ccc(F)cc1C. The van der Waals surface area contributed by atoms with E-state index in [1.165, 1.54) is 12.1 Å². The fourth-order valence-electron chi connectivity index (χ4n) is 1.89. The van der Waals surface area contributed by atoms with Gasteiger partial charge in [-0.25, -0.2) is 4.39 Å². The third-order valence-corrected chi connectivity index (χ3v) is 3.12. The fraction of sp³-hybridized carbons (Fsp3) is 0.500. The lowest BCUT2D eigenvalue weighted by Gasteiger charge is -2.12. The summed E-state index contributed by atoms with van der Waals surface area (Å²) in [5.41, 5.74) is 1.39. The monoisotopic (exact) mass is 222 g/mol. The lowest BCUT2D eigenvalue weighted by atomic mass is 9.92. The van der Waals surface area contributed by atoms with Gasteiger partial charge in [0.15, 0.2) is 5.78 Å². The second-order valence-corrected chi connectivity index (χ2v) is 4.27. The number of benzene rings is 1. The van der Waals surface area contributed by atoms with Crippen LogP contribution in [-0.2, 0) is 0 Å². The Bertz CT molecular complexity index is 367. The summed E-state index contributed by atoms with van der Waals surface area (Å²) in [5, 5.41) is 0. The van der Waals surface area contributed by atoms with Crippen LogP contribution in [0.1, 0.15) is 49.0 Å². The van der Waals surface area contributed by atoms with Gasteiger partial charge in [-0.05, 0) is 36.6 Å². The third kappa shape index (κ3) is 3.16. The highest BCUT2D eigenvalue weighted by molar-refractivity contribution is 5.97. The summed E-state index contributed by atoms with van der Waals surface area (Å²) in [4.78, 5) is 12.0. The highest BCUT2D eigenvalue weighted by Crippen LogP contribution is 2.19. The molecule has 0 N–H and O–H groups in total. The molecule has 1 aromatic carbocycles. The minimum atomic E-state index is -0.281. The van der Waals surface area contributed by atoms with Crippen molar-refractivity contribution in [3.63, 3.8) is 0 Å². The van der Waals surface area contributed by atoms with Crippen molar-refractivity contribution in [1.82, 2.24) is 0 Å². The summed E-state index contributed by atoms with van der Waals surface area (Å²) in [5.74, 6) is 0.291. The molecule has 0 aliphatic carbocycles. The standard InChI is InChI=1S/C14H19FO/c1-4-11(5-2)9-14(16)13-7-6-12(15)8-10(13)3/h6-8,11H,4-5,9H2,1-3H3. The summed E-state index contributed by atoms with van der Waals surface area (Å²) in [7, 11) is 0. The van der Waals surface area contributed by atoms with E-state index in [-0.39, 0.29) is 11.6 Å². The van der Waals surface area contributed by atoms with Gasteiger partial charge in [-0.1, -0.05) is 26.7 Å². The number of hydrogen-bond donors (Lipinski definition) is 0. The molecule has 1 aromatic rings. The number of ketones is 1. The van der Waals surface area contributed by atoms with E-state index in [1.807, 2.05) is 0 Å². The van der Waals surface area contributed by atoms with Gasteiger partial charge in [0.05, 0.1) is 0 Å². The van der Waals surface area contributed by atoms with Gasteiger partial charge in [0.2, 0.25) is 0 Å². The highest BCUT2D eigenvalue weighted by Gasteiger charge is 2.14. The smallest absolute Gasteiger partial charge is 0.163 e. The van der Waals surface area contributed by atoms with Crippen LogP contribution in [0.5, 0.6) is 0 Å². The van der Waals surface area contributed by atoms with Crippen LogP contribution < -0.4 is 0 Å². The minimum Gasteiger partial charge on any atom is -0.294 e. The zero-order valence-electron chi connectivity index (χ0n) is 10.2.